The summed E-state index contributed by atoms with van der Waals surface area (Å²) in [6.45, 7) is 3.27. The minimum Gasteiger partial charge on any atom is -0.497 e. The summed E-state index contributed by atoms with van der Waals surface area (Å²) >= 11 is 0. The van der Waals surface area contributed by atoms with Crippen LogP contribution in [0, 0.1) is 5.82 Å². The molecule has 1 N–H and O–H groups in total. The van der Waals surface area contributed by atoms with E-state index in [1.807, 2.05) is 6.92 Å². The molecule has 0 aliphatic heterocycles. The first-order chi connectivity index (χ1) is 20.0. The van der Waals surface area contributed by atoms with Gasteiger partial charge in [0.25, 0.3) is 10.0 Å². The second kappa shape index (κ2) is 14.5. The summed E-state index contributed by atoms with van der Waals surface area (Å²) < 4.78 is 58.4. The van der Waals surface area contributed by atoms with E-state index in [0.29, 0.717) is 30.0 Å². The van der Waals surface area contributed by atoms with Gasteiger partial charge in [-0.3, -0.25) is 13.9 Å². The Morgan fingerprint density at radius 2 is 1.55 bits per heavy atom. The number of hydrogen-bond acceptors (Lipinski definition) is 7. The molecule has 0 spiro atoms. The topological polar surface area (TPSA) is 114 Å². The Morgan fingerprint density at radius 1 is 0.905 bits per heavy atom. The number of benzene rings is 3. The van der Waals surface area contributed by atoms with Crippen LogP contribution in [0.25, 0.3) is 0 Å². The lowest BCUT2D eigenvalue weighted by Gasteiger charge is -2.32. The minimum atomic E-state index is -4.38. The predicted molar refractivity (Wildman–Crippen MR) is 157 cm³/mol. The lowest BCUT2D eigenvalue weighted by Crippen LogP contribution is -2.51. The van der Waals surface area contributed by atoms with Gasteiger partial charge in [0, 0.05) is 19.2 Å². The molecule has 10 nitrogen and oxygen atoms in total. The van der Waals surface area contributed by atoms with E-state index in [1.54, 1.807) is 31.2 Å². The molecule has 0 aromatic heterocycles. The molecule has 226 valence electrons. The van der Waals surface area contributed by atoms with Crippen molar-refractivity contribution in [2.75, 3.05) is 38.7 Å². The number of carbonyl (C=O) groups excluding carboxylic acids is 2. The van der Waals surface area contributed by atoms with Crippen LogP contribution in [0.15, 0.2) is 71.6 Å². The minimum absolute atomic E-state index is 0.0250. The largest absolute Gasteiger partial charge is 0.497 e. The number of ether oxygens (including phenoxy) is 3. The number of nitrogens with one attached hydrogen (secondary N) is 1. The number of hydrogen-bond donors (Lipinski definition) is 1. The third kappa shape index (κ3) is 7.69. The standard InChI is InChI=1S/C30H36FN3O7S/c1-6-17-32-30(36)21(2)33(19-22-7-13-25(39-3)14-8-22)29(35)20-34(24-11-9-23(31)10-12-24)42(37,38)26-15-16-27(40-4)28(18-26)41-5/h7-16,18,21H,6,17,19-20H2,1-5H3,(H,32,36)/t21-/m0/s1. The molecule has 0 saturated carbocycles. The van der Waals surface area contributed by atoms with E-state index in [1.165, 1.54) is 56.6 Å². The first-order valence-electron chi connectivity index (χ1n) is 13.3. The molecule has 3 aromatic rings. The number of rotatable bonds is 14. The highest BCUT2D eigenvalue weighted by Crippen LogP contribution is 2.32. The van der Waals surface area contributed by atoms with Crippen LogP contribution in [0.2, 0.25) is 0 Å². The fourth-order valence-corrected chi connectivity index (χ4v) is 5.58. The highest BCUT2D eigenvalue weighted by molar-refractivity contribution is 7.92. The van der Waals surface area contributed by atoms with Gasteiger partial charge in [0.2, 0.25) is 11.8 Å². The zero-order valence-electron chi connectivity index (χ0n) is 24.3. The maximum atomic E-state index is 14.0. The molecule has 2 amide bonds. The van der Waals surface area contributed by atoms with Gasteiger partial charge in [-0.25, -0.2) is 12.8 Å². The molecule has 0 bridgehead atoms. The predicted octanol–water partition coefficient (Wildman–Crippen LogP) is 3.99. The number of nitrogens with zero attached hydrogens (tertiary/aromatic N) is 2. The molecule has 3 rings (SSSR count). The molecule has 1 atom stereocenters. The molecule has 0 heterocycles. The summed E-state index contributed by atoms with van der Waals surface area (Å²) in [6.07, 6.45) is 0.701. The van der Waals surface area contributed by atoms with E-state index in [-0.39, 0.29) is 28.8 Å². The van der Waals surface area contributed by atoms with Gasteiger partial charge in [-0.15, -0.1) is 0 Å². The zero-order valence-corrected chi connectivity index (χ0v) is 25.1. The summed E-state index contributed by atoms with van der Waals surface area (Å²) in [7, 11) is -0.0549. The van der Waals surface area contributed by atoms with Gasteiger partial charge in [-0.2, -0.15) is 0 Å². The molecule has 0 fully saturated rings. The van der Waals surface area contributed by atoms with Crippen LogP contribution in [0.3, 0.4) is 0 Å². The molecule has 0 saturated heterocycles. The number of anilines is 1. The van der Waals surface area contributed by atoms with E-state index in [2.05, 4.69) is 5.32 Å². The lowest BCUT2D eigenvalue weighted by molar-refractivity contribution is -0.139. The number of sulfonamides is 1. The van der Waals surface area contributed by atoms with E-state index >= 15 is 0 Å². The van der Waals surface area contributed by atoms with Crippen molar-refractivity contribution in [1.29, 1.82) is 0 Å². The Bertz CT molecular complexity index is 1470. The van der Waals surface area contributed by atoms with Crippen LogP contribution in [0.4, 0.5) is 10.1 Å². The second-order valence-electron chi connectivity index (χ2n) is 9.34. The van der Waals surface area contributed by atoms with Crippen molar-refractivity contribution >= 4 is 27.5 Å². The zero-order chi connectivity index (χ0) is 30.9. The third-order valence-electron chi connectivity index (χ3n) is 6.56. The molecular formula is C30H36FN3O7S. The summed E-state index contributed by atoms with van der Waals surface area (Å²) in [4.78, 5) is 28.0. The number of methoxy groups -OCH3 is 3. The van der Waals surface area contributed by atoms with Crippen molar-refractivity contribution < 1.29 is 36.6 Å². The van der Waals surface area contributed by atoms with Crippen LogP contribution in [-0.4, -0.2) is 65.6 Å². The first-order valence-corrected chi connectivity index (χ1v) is 14.7. The van der Waals surface area contributed by atoms with E-state index in [9.17, 15) is 22.4 Å². The summed E-state index contributed by atoms with van der Waals surface area (Å²) in [6, 6.07) is 14.8. The summed E-state index contributed by atoms with van der Waals surface area (Å²) in [5.41, 5.74) is 0.766. The van der Waals surface area contributed by atoms with Crippen LogP contribution < -0.4 is 23.8 Å². The highest BCUT2D eigenvalue weighted by Gasteiger charge is 2.33. The average Bonchev–Trinajstić information content (AvgIpc) is 3.01. The molecule has 0 radical (unpaired) electrons. The second-order valence-corrected chi connectivity index (χ2v) is 11.2. The van der Waals surface area contributed by atoms with Gasteiger partial charge >= 0.3 is 0 Å². The van der Waals surface area contributed by atoms with Crippen LogP contribution in [-0.2, 0) is 26.2 Å². The van der Waals surface area contributed by atoms with Crippen LogP contribution in [0.5, 0.6) is 17.2 Å². The fourth-order valence-electron chi connectivity index (χ4n) is 4.15. The van der Waals surface area contributed by atoms with Crippen molar-refractivity contribution in [3.63, 3.8) is 0 Å². The van der Waals surface area contributed by atoms with Gasteiger partial charge in [-0.1, -0.05) is 19.1 Å². The number of amides is 2. The summed E-state index contributed by atoms with van der Waals surface area (Å²) in [5.74, 6) is -0.484. The maximum Gasteiger partial charge on any atom is 0.264 e. The highest BCUT2D eigenvalue weighted by atomic mass is 32.2. The Hall–Kier alpha value is -4.32. The van der Waals surface area contributed by atoms with Gasteiger partial charge in [-0.05, 0) is 67.4 Å². The fraction of sp³-hybridized carbons (Fsp3) is 0.333. The molecule has 12 heteroatoms. The SMILES string of the molecule is CCCNC(=O)[C@H](C)N(Cc1ccc(OC)cc1)C(=O)CN(c1ccc(F)cc1)S(=O)(=O)c1ccc(OC)c(OC)c1. The van der Waals surface area contributed by atoms with Crippen molar-refractivity contribution in [2.45, 2.75) is 37.8 Å². The monoisotopic (exact) mass is 601 g/mol. The maximum absolute atomic E-state index is 14.0. The smallest absolute Gasteiger partial charge is 0.264 e. The lowest BCUT2D eigenvalue weighted by atomic mass is 10.1. The Labute approximate surface area is 246 Å². The molecule has 3 aromatic carbocycles. The average molecular weight is 602 g/mol. The van der Waals surface area contributed by atoms with Crippen molar-refractivity contribution in [3.8, 4) is 17.2 Å². The molecule has 42 heavy (non-hydrogen) atoms. The van der Waals surface area contributed by atoms with Crippen molar-refractivity contribution in [2.24, 2.45) is 0 Å². The van der Waals surface area contributed by atoms with E-state index in [0.717, 1.165) is 16.4 Å². The van der Waals surface area contributed by atoms with Crippen molar-refractivity contribution in [1.82, 2.24) is 10.2 Å². The Kier molecular flexibility index (Phi) is 11.1. The van der Waals surface area contributed by atoms with E-state index < -0.39 is 34.3 Å². The van der Waals surface area contributed by atoms with E-state index in [4.69, 9.17) is 14.2 Å². The molecule has 0 unspecified atom stereocenters. The van der Waals surface area contributed by atoms with Crippen LogP contribution >= 0.6 is 0 Å². The van der Waals surface area contributed by atoms with Gasteiger partial charge in [0.05, 0.1) is 31.9 Å². The Balaban J connectivity index is 2.05. The first kappa shape index (κ1) is 32.2. The quantitative estimate of drug-likeness (QED) is 0.297. The van der Waals surface area contributed by atoms with Gasteiger partial charge < -0.3 is 24.4 Å². The molecular weight excluding hydrogens is 565 g/mol. The number of halogens is 1. The van der Waals surface area contributed by atoms with Gasteiger partial charge in [0.1, 0.15) is 24.2 Å². The van der Waals surface area contributed by atoms with Crippen LogP contribution in [0.1, 0.15) is 25.8 Å². The molecule has 0 aliphatic carbocycles. The third-order valence-corrected chi connectivity index (χ3v) is 8.33. The summed E-state index contributed by atoms with van der Waals surface area (Å²) in [5, 5.41) is 2.79. The van der Waals surface area contributed by atoms with Crippen molar-refractivity contribution in [3.05, 3.63) is 78.1 Å². The Morgan fingerprint density at radius 3 is 2.12 bits per heavy atom. The normalized spacial score (nSPS) is 11.8. The number of carbonyl (C=O) groups is 2. The van der Waals surface area contributed by atoms with Gasteiger partial charge in [0.15, 0.2) is 11.5 Å². The molecule has 0 aliphatic rings.